The molecule has 2 unspecified atom stereocenters. The highest BCUT2D eigenvalue weighted by atomic mass is 79.9. The molecule has 0 saturated carbocycles. The zero-order chi connectivity index (χ0) is 15.1. The molecule has 0 amide bonds. The zero-order valence-corrected chi connectivity index (χ0v) is 14.2. The molecule has 1 aromatic carbocycles. The summed E-state index contributed by atoms with van der Waals surface area (Å²) in [7, 11) is 0. The maximum Gasteiger partial charge on any atom is 0.120 e. The van der Waals surface area contributed by atoms with Crippen LogP contribution in [0.2, 0.25) is 0 Å². The minimum absolute atomic E-state index is 0.305. The second kappa shape index (κ2) is 8.73. The van der Waals surface area contributed by atoms with Crippen LogP contribution in [0.3, 0.4) is 0 Å². The van der Waals surface area contributed by atoms with Crippen molar-refractivity contribution >= 4 is 15.9 Å². The van der Waals surface area contributed by atoms with E-state index in [2.05, 4.69) is 33.1 Å². The lowest BCUT2D eigenvalue weighted by molar-refractivity contribution is 0.102. The van der Waals surface area contributed by atoms with Gasteiger partial charge in [-0.25, -0.2) is 0 Å². The number of ether oxygens (including phenoxy) is 1. The van der Waals surface area contributed by atoms with E-state index in [0.717, 1.165) is 16.8 Å². The molecule has 21 heavy (non-hydrogen) atoms. The minimum atomic E-state index is -0.495. The van der Waals surface area contributed by atoms with Gasteiger partial charge in [0.05, 0.1) is 0 Å². The number of hydrogen-bond donors (Lipinski definition) is 2. The van der Waals surface area contributed by atoms with Crippen LogP contribution in [0.4, 0.5) is 0 Å². The SMILES string of the molecule is CC(CN1CCCC1)NCC(O)COc1cccc(Br)c1. The van der Waals surface area contributed by atoms with Crippen molar-refractivity contribution in [3.8, 4) is 5.75 Å². The van der Waals surface area contributed by atoms with Crippen LogP contribution in [0.25, 0.3) is 0 Å². The van der Waals surface area contributed by atoms with Crippen molar-refractivity contribution in [2.24, 2.45) is 0 Å². The van der Waals surface area contributed by atoms with Gasteiger partial charge in [0, 0.05) is 23.6 Å². The number of aliphatic hydroxyl groups excluding tert-OH is 1. The first kappa shape index (κ1) is 16.7. The van der Waals surface area contributed by atoms with Crippen LogP contribution in [-0.4, -0.2) is 54.9 Å². The lowest BCUT2D eigenvalue weighted by Gasteiger charge is -2.22. The van der Waals surface area contributed by atoms with Gasteiger partial charge in [-0.05, 0) is 51.1 Å². The van der Waals surface area contributed by atoms with Crippen LogP contribution in [0.15, 0.2) is 28.7 Å². The smallest absolute Gasteiger partial charge is 0.120 e. The molecule has 2 atom stereocenters. The second-order valence-electron chi connectivity index (χ2n) is 5.74. The summed E-state index contributed by atoms with van der Waals surface area (Å²) in [6.45, 7) is 6.50. The first-order valence-electron chi connectivity index (χ1n) is 7.65. The van der Waals surface area contributed by atoms with Crippen molar-refractivity contribution in [3.63, 3.8) is 0 Å². The fourth-order valence-corrected chi connectivity index (χ4v) is 2.94. The fourth-order valence-electron chi connectivity index (χ4n) is 2.56. The number of likely N-dealkylation sites (tertiary alicyclic amines) is 1. The van der Waals surface area contributed by atoms with Crippen molar-refractivity contribution in [2.45, 2.75) is 31.9 Å². The maximum atomic E-state index is 9.98. The van der Waals surface area contributed by atoms with Gasteiger partial charge in [-0.2, -0.15) is 0 Å². The lowest BCUT2D eigenvalue weighted by atomic mass is 10.3. The van der Waals surface area contributed by atoms with Gasteiger partial charge in [0.2, 0.25) is 0 Å². The summed E-state index contributed by atoms with van der Waals surface area (Å²) in [6, 6.07) is 8.05. The number of nitrogens with one attached hydrogen (secondary N) is 1. The molecule has 4 nitrogen and oxygen atoms in total. The van der Waals surface area contributed by atoms with Gasteiger partial charge < -0.3 is 20.1 Å². The first-order chi connectivity index (χ1) is 10.1. The Kier molecular flexibility index (Phi) is 6.96. The summed E-state index contributed by atoms with van der Waals surface area (Å²) in [6.07, 6.45) is 2.14. The summed E-state index contributed by atoms with van der Waals surface area (Å²) in [5.41, 5.74) is 0. The summed E-state index contributed by atoms with van der Waals surface area (Å²) in [5.74, 6) is 0.772. The predicted octanol–water partition coefficient (Wildman–Crippen LogP) is 2.26. The van der Waals surface area contributed by atoms with Crippen molar-refractivity contribution in [2.75, 3.05) is 32.8 Å². The molecule has 1 fully saturated rings. The number of aliphatic hydroxyl groups is 1. The Bertz CT molecular complexity index is 424. The molecule has 2 rings (SSSR count). The largest absolute Gasteiger partial charge is 0.491 e. The van der Waals surface area contributed by atoms with Crippen LogP contribution >= 0.6 is 15.9 Å². The molecule has 0 bridgehead atoms. The van der Waals surface area contributed by atoms with Gasteiger partial charge >= 0.3 is 0 Å². The molecule has 0 radical (unpaired) electrons. The highest BCUT2D eigenvalue weighted by Gasteiger charge is 2.15. The van der Waals surface area contributed by atoms with Crippen LogP contribution in [0.5, 0.6) is 5.75 Å². The van der Waals surface area contributed by atoms with Gasteiger partial charge in [0.25, 0.3) is 0 Å². The fraction of sp³-hybridized carbons (Fsp3) is 0.625. The van der Waals surface area contributed by atoms with E-state index in [1.807, 2.05) is 24.3 Å². The highest BCUT2D eigenvalue weighted by Crippen LogP contribution is 2.17. The monoisotopic (exact) mass is 356 g/mol. The topological polar surface area (TPSA) is 44.7 Å². The Morgan fingerprint density at radius 2 is 2.14 bits per heavy atom. The number of benzene rings is 1. The number of rotatable bonds is 8. The Morgan fingerprint density at radius 3 is 2.86 bits per heavy atom. The summed E-state index contributed by atoms with van der Waals surface area (Å²) in [5, 5.41) is 13.4. The van der Waals surface area contributed by atoms with E-state index >= 15 is 0 Å². The van der Waals surface area contributed by atoms with E-state index in [-0.39, 0.29) is 0 Å². The Morgan fingerprint density at radius 1 is 1.38 bits per heavy atom. The average Bonchev–Trinajstić information content (AvgIpc) is 2.96. The molecule has 118 valence electrons. The third-order valence-electron chi connectivity index (χ3n) is 3.67. The summed E-state index contributed by atoms with van der Waals surface area (Å²) >= 11 is 3.40. The molecule has 0 aliphatic carbocycles. The van der Waals surface area contributed by atoms with E-state index in [1.54, 1.807) is 0 Å². The average molecular weight is 357 g/mol. The number of nitrogens with zero attached hydrogens (tertiary/aromatic N) is 1. The van der Waals surface area contributed by atoms with Gasteiger partial charge in [-0.3, -0.25) is 0 Å². The quantitative estimate of drug-likeness (QED) is 0.749. The van der Waals surface area contributed by atoms with Crippen molar-refractivity contribution in [1.29, 1.82) is 0 Å². The molecular formula is C16H25BrN2O2. The van der Waals surface area contributed by atoms with E-state index in [4.69, 9.17) is 4.74 Å². The van der Waals surface area contributed by atoms with Crippen molar-refractivity contribution < 1.29 is 9.84 Å². The third-order valence-corrected chi connectivity index (χ3v) is 4.16. The number of halogens is 1. The van der Waals surface area contributed by atoms with Gasteiger partial charge in [-0.1, -0.05) is 22.0 Å². The van der Waals surface area contributed by atoms with E-state index in [0.29, 0.717) is 19.2 Å². The van der Waals surface area contributed by atoms with E-state index in [9.17, 15) is 5.11 Å². The number of hydrogen-bond acceptors (Lipinski definition) is 4. The summed E-state index contributed by atoms with van der Waals surface area (Å²) in [4.78, 5) is 2.47. The van der Waals surface area contributed by atoms with E-state index < -0.39 is 6.10 Å². The molecule has 1 aliphatic rings. The molecule has 0 aromatic heterocycles. The first-order valence-corrected chi connectivity index (χ1v) is 8.45. The molecule has 1 aromatic rings. The summed E-state index contributed by atoms with van der Waals surface area (Å²) < 4.78 is 6.56. The molecule has 2 N–H and O–H groups in total. The van der Waals surface area contributed by atoms with Crippen LogP contribution in [-0.2, 0) is 0 Å². The van der Waals surface area contributed by atoms with Crippen LogP contribution < -0.4 is 10.1 Å². The molecule has 0 spiro atoms. The third kappa shape index (κ3) is 6.34. The minimum Gasteiger partial charge on any atom is -0.491 e. The Labute approximate surface area is 135 Å². The molecule has 1 saturated heterocycles. The lowest BCUT2D eigenvalue weighted by Crippen LogP contribution is -2.42. The Balaban J connectivity index is 1.61. The molecule has 5 heteroatoms. The van der Waals surface area contributed by atoms with Gasteiger partial charge in [0.1, 0.15) is 18.5 Å². The molecular weight excluding hydrogens is 332 g/mol. The van der Waals surface area contributed by atoms with E-state index in [1.165, 1.54) is 25.9 Å². The van der Waals surface area contributed by atoms with Crippen LogP contribution in [0, 0.1) is 0 Å². The normalized spacial score (nSPS) is 18.6. The molecule has 1 aliphatic heterocycles. The van der Waals surface area contributed by atoms with Gasteiger partial charge in [0.15, 0.2) is 0 Å². The van der Waals surface area contributed by atoms with Crippen molar-refractivity contribution in [3.05, 3.63) is 28.7 Å². The maximum absolute atomic E-state index is 9.98. The second-order valence-corrected chi connectivity index (χ2v) is 6.65. The zero-order valence-electron chi connectivity index (χ0n) is 12.6. The Hall–Kier alpha value is -0.620. The van der Waals surface area contributed by atoms with Crippen LogP contribution in [0.1, 0.15) is 19.8 Å². The van der Waals surface area contributed by atoms with Crippen molar-refractivity contribution in [1.82, 2.24) is 10.2 Å². The highest BCUT2D eigenvalue weighted by molar-refractivity contribution is 9.10. The standard InChI is InChI=1S/C16H25BrN2O2/c1-13(11-19-7-2-3-8-19)18-10-15(20)12-21-16-6-4-5-14(17)9-16/h4-6,9,13,15,18,20H,2-3,7-8,10-12H2,1H3. The predicted molar refractivity (Wildman–Crippen MR) is 88.8 cm³/mol. The van der Waals surface area contributed by atoms with Gasteiger partial charge in [-0.15, -0.1) is 0 Å². The molecule has 1 heterocycles.